The maximum absolute atomic E-state index is 9.34. The molecule has 0 saturated carbocycles. The van der Waals surface area contributed by atoms with Gasteiger partial charge >= 0.3 is 0 Å². The third-order valence-corrected chi connectivity index (χ3v) is 1.78. The zero-order valence-electron chi connectivity index (χ0n) is 9.33. The van der Waals surface area contributed by atoms with Gasteiger partial charge in [0.1, 0.15) is 17.2 Å². The van der Waals surface area contributed by atoms with Gasteiger partial charge in [0.15, 0.2) is 6.20 Å². The van der Waals surface area contributed by atoms with Crippen LogP contribution < -0.4 is 0 Å². The molecule has 0 aliphatic carbocycles. The van der Waals surface area contributed by atoms with Crippen LogP contribution in [-0.2, 0) is 65.4 Å². The Labute approximate surface area is 150 Å². The third kappa shape index (κ3) is 5.88. The summed E-state index contributed by atoms with van der Waals surface area (Å²) < 4.78 is 0. The summed E-state index contributed by atoms with van der Waals surface area (Å²) in [6.07, 6.45) is 3.93. The van der Waals surface area contributed by atoms with E-state index in [2.05, 4.69) is 9.83 Å². The topological polar surface area (TPSA) is 57.7 Å². The zero-order valence-corrected chi connectivity index (χ0v) is 15.0. The second-order valence-electron chi connectivity index (χ2n) is 2.75. The van der Waals surface area contributed by atoms with Gasteiger partial charge in [0.25, 0.3) is 0 Å². The average Bonchev–Trinajstić information content (AvgIpc) is 2.28. The summed E-state index contributed by atoms with van der Waals surface area (Å²) in [5.74, 6) is -0.0563. The van der Waals surface area contributed by atoms with Crippen LogP contribution in [0.5, 0.6) is 0 Å². The van der Waals surface area contributed by atoms with Crippen LogP contribution in [0.25, 0.3) is 16.4 Å². The van der Waals surface area contributed by atoms with E-state index in [1.54, 1.807) is 19.1 Å². The van der Waals surface area contributed by atoms with E-state index in [4.69, 9.17) is 6.57 Å². The Hall–Kier alpha value is -0.0722. The minimum atomic E-state index is -0.135. The van der Waals surface area contributed by atoms with Crippen molar-refractivity contribution in [1.82, 2.24) is 4.98 Å². The molecule has 82 valence electrons. The smallest absolute Gasteiger partial charge is 0.195 e. The standard InChI is InChI=1S/C11H10N2O2.2Y/c1-3-10(14)9-5-4-8(6-13-9)11(15)7-12-2;;/h3-7,14-15H,1H3;;/b10-3-,11-7-;;. The van der Waals surface area contributed by atoms with Gasteiger partial charge in [0, 0.05) is 77.2 Å². The first-order valence-electron chi connectivity index (χ1n) is 4.26. The van der Waals surface area contributed by atoms with Crippen LogP contribution in [0.3, 0.4) is 0 Å². The molecule has 2 N–H and O–H groups in total. The zero-order chi connectivity index (χ0) is 11.3. The summed E-state index contributed by atoms with van der Waals surface area (Å²) in [5.41, 5.74) is 0.871. The molecule has 6 heteroatoms. The first kappa shape index (κ1) is 19.3. The number of hydrogen-bond donors (Lipinski definition) is 2. The molecule has 0 fully saturated rings. The quantitative estimate of drug-likeness (QED) is 0.613. The molecule has 0 bridgehead atoms. The Kier molecular flexibility index (Phi) is 11.2. The van der Waals surface area contributed by atoms with E-state index in [1.807, 2.05) is 0 Å². The van der Waals surface area contributed by atoms with Crippen molar-refractivity contribution in [3.05, 3.63) is 53.3 Å². The number of aromatic nitrogens is 1. The number of aliphatic hydroxyl groups excluding tert-OH is 2. The van der Waals surface area contributed by atoms with Gasteiger partial charge in [-0.3, -0.25) is 4.98 Å². The SMILES string of the molecule is [C-]#[N+]/C=C(\O)c1ccc(/C(O)=C/C)nc1.[Y].[Y]. The van der Waals surface area contributed by atoms with Crippen LogP contribution in [0.15, 0.2) is 30.6 Å². The van der Waals surface area contributed by atoms with Crippen molar-refractivity contribution in [2.75, 3.05) is 0 Å². The average molecular weight is 380 g/mol. The summed E-state index contributed by atoms with van der Waals surface area (Å²) in [6.45, 7) is 8.24. The van der Waals surface area contributed by atoms with Crippen LogP contribution >= 0.6 is 0 Å². The molecule has 1 aromatic heterocycles. The van der Waals surface area contributed by atoms with Crippen molar-refractivity contribution in [2.45, 2.75) is 6.92 Å². The maximum atomic E-state index is 9.34. The molecule has 1 aromatic rings. The molecule has 0 aliphatic heterocycles. The van der Waals surface area contributed by atoms with Gasteiger partial charge in [-0.1, -0.05) is 0 Å². The number of allylic oxidation sites excluding steroid dienone is 1. The Bertz CT molecular complexity index is 448. The minimum Gasteiger partial charge on any atom is -0.519 e. The fourth-order valence-corrected chi connectivity index (χ4v) is 0.980. The molecule has 0 amide bonds. The fourth-order valence-electron chi connectivity index (χ4n) is 0.980. The molecule has 0 unspecified atom stereocenters. The van der Waals surface area contributed by atoms with Gasteiger partial charge in [-0.05, 0) is 25.1 Å². The number of pyridine rings is 1. The number of hydrogen-bond acceptors (Lipinski definition) is 3. The summed E-state index contributed by atoms with van der Waals surface area (Å²) in [6, 6.07) is 3.15. The van der Waals surface area contributed by atoms with Crippen molar-refractivity contribution < 1.29 is 75.6 Å². The van der Waals surface area contributed by atoms with Crippen LogP contribution in [0.2, 0.25) is 0 Å². The molecule has 0 aliphatic rings. The second kappa shape index (κ2) is 9.91. The van der Waals surface area contributed by atoms with E-state index < -0.39 is 0 Å². The monoisotopic (exact) mass is 380 g/mol. The van der Waals surface area contributed by atoms with E-state index in [-0.39, 0.29) is 76.9 Å². The summed E-state index contributed by atoms with van der Waals surface area (Å²) >= 11 is 0. The van der Waals surface area contributed by atoms with E-state index in [0.29, 0.717) is 11.3 Å². The van der Waals surface area contributed by atoms with Gasteiger partial charge in [0.05, 0.1) is 6.57 Å². The fraction of sp³-hybridized carbons (Fsp3) is 0.0909. The van der Waals surface area contributed by atoms with Crippen LogP contribution in [0, 0.1) is 6.57 Å². The van der Waals surface area contributed by atoms with Crippen LogP contribution in [0.4, 0.5) is 0 Å². The van der Waals surface area contributed by atoms with Gasteiger partial charge in [-0.2, -0.15) is 0 Å². The predicted molar refractivity (Wildman–Crippen MR) is 57.7 cm³/mol. The van der Waals surface area contributed by atoms with E-state index in [1.165, 1.54) is 12.3 Å². The van der Waals surface area contributed by atoms with Gasteiger partial charge in [-0.15, -0.1) is 0 Å². The first-order chi connectivity index (χ1) is 7.19. The van der Waals surface area contributed by atoms with Crippen LogP contribution in [-0.4, -0.2) is 15.2 Å². The Morgan fingerprint density at radius 3 is 2.35 bits per heavy atom. The Morgan fingerprint density at radius 1 is 1.29 bits per heavy atom. The number of aliphatic hydroxyl groups is 2. The van der Waals surface area contributed by atoms with Gasteiger partial charge in [0.2, 0.25) is 0 Å². The molecule has 1 rings (SSSR count). The van der Waals surface area contributed by atoms with E-state index in [0.717, 1.165) is 6.20 Å². The predicted octanol–water partition coefficient (Wildman–Crippen LogP) is 2.77. The molecule has 0 spiro atoms. The Morgan fingerprint density at radius 2 is 1.94 bits per heavy atom. The van der Waals surface area contributed by atoms with E-state index >= 15 is 0 Å². The summed E-state index contributed by atoms with van der Waals surface area (Å²) in [4.78, 5) is 6.87. The number of rotatable bonds is 2. The molecule has 1 heterocycles. The third-order valence-electron chi connectivity index (χ3n) is 1.78. The molecule has 0 saturated heterocycles. The molecule has 4 nitrogen and oxygen atoms in total. The molecule has 2 radical (unpaired) electrons. The molecule has 0 atom stereocenters. The molecular weight excluding hydrogens is 370 g/mol. The van der Waals surface area contributed by atoms with Crippen molar-refractivity contribution in [1.29, 1.82) is 0 Å². The molecule has 0 aromatic carbocycles. The largest absolute Gasteiger partial charge is 0.519 e. The van der Waals surface area contributed by atoms with Crippen molar-refractivity contribution in [3.63, 3.8) is 0 Å². The molecule has 17 heavy (non-hydrogen) atoms. The van der Waals surface area contributed by atoms with Crippen molar-refractivity contribution in [3.8, 4) is 0 Å². The maximum Gasteiger partial charge on any atom is 0.195 e. The minimum absolute atomic E-state index is 0. The Balaban J connectivity index is 0. The molecular formula is C11H10N2O2Y2. The van der Waals surface area contributed by atoms with Gasteiger partial charge in [-0.25, -0.2) is 4.85 Å². The summed E-state index contributed by atoms with van der Waals surface area (Å²) in [5, 5.41) is 18.7. The van der Waals surface area contributed by atoms with E-state index in [9.17, 15) is 10.2 Å². The second-order valence-corrected chi connectivity index (χ2v) is 2.75. The van der Waals surface area contributed by atoms with Gasteiger partial charge < -0.3 is 10.2 Å². The van der Waals surface area contributed by atoms with Crippen molar-refractivity contribution in [2.24, 2.45) is 0 Å². The van der Waals surface area contributed by atoms with Crippen molar-refractivity contribution >= 4 is 11.5 Å². The first-order valence-corrected chi connectivity index (χ1v) is 4.26. The number of nitrogens with zero attached hydrogens (tertiary/aromatic N) is 2. The summed E-state index contributed by atoms with van der Waals surface area (Å²) in [7, 11) is 0. The van der Waals surface area contributed by atoms with Crippen LogP contribution in [0.1, 0.15) is 18.2 Å². The normalized spacial score (nSPS) is 10.8.